The van der Waals surface area contributed by atoms with Crippen molar-refractivity contribution in [2.45, 2.75) is 0 Å². The van der Waals surface area contributed by atoms with Crippen molar-refractivity contribution in [3.63, 3.8) is 0 Å². The molecule has 7 nitrogen and oxygen atoms in total. The van der Waals surface area contributed by atoms with Crippen molar-refractivity contribution < 1.29 is 23.9 Å². The fraction of sp³-hybridized carbons (Fsp3) is 0.357. The maximum absolute atomic E-state index is 12.1. The van der Waals surface area contributed by atoms with Gasteiger partial charge < -0.3 is 14.8 Å². The molecule has 8 heteroatoms. The van der Waals surface area contributed by atoms with Gasteiger partial charge in [-0.05, 0) is 12.1 Å². The summed E-state index contributed by atoms with van der Waals surface area (Å²) in [6.45, 7) is 0.355. The summed E-state index contributed by atoms with van der Waals surface area (Å²) >= 11 is 0.970. The molecule has 0 aliphatic carbocycles. The third-order valence-electron chi connectivity index (χ3n) is 3.08. The van der Waals surface area contributed by atoms with Gasteiger partial charge in [-0.1, -0.05) is 11.8 Å². The zero-order valence-electron chi connectivity index (χ0n) is 12.3. The molecule has 1 aromatic rings. The normalized spacial score (nSPS) is 14.2. The number of carbonyl (C=O) groups excluding carboxylic acids is 3. The van der Waals surface area contributed by atoms with E-state index in [-0.39, 0.29) is 35.9 Å². The zero-order valence-corrected chi connectivity index (χ0v) is 13.1. The van der Waals surface area contributed by atoms with Crippen LogP contribution in [0.15, 0.2) is 18.2 Å². The monoisotopic (exact) mass is 324 g/mol. The van der Waals surface area contributed by atoms with Gasteiger partial charge in [-0.25, -0.2) is 0 Å². The number of ether oxygens (including phenoxy) is 2. The SMILES string of the molecule is COc1cc(OC)cc(C(=O)NCCN2C(=O)CSC2=O)c1. The Kier molecular flexibility index (Phi) is 5.26. The van der Waals surface area contributed by atoms with E-state index in [2.05, 4.69) is 5.32 Å². The van der Waals surface area contributed by atoms with Crippen LogP contribution in [0.25, 0.3) is 0 Å². The lowest BCUT2D eigenvalue weighted by molar-refractivity contribution is -0.124. The van der Waals surface area contributed by atoms with E-state index in [1.165, 1.54) is 14.2 Å². The number of thioether (sulfide) groups is 1. The number of rotatable bonds is 6. The predicted octanol–water partition coefficient (Wildman–Crippen LogP) is 1.13. The Balaban J connectivity index is 1.95. The van der Waals surface area contributed by atoms with Crippen LogP contribution in [0.1, 0.15) is 10.4 Å². The fourth-order valence-corrected chi connectivity index (χ4v) is 2.67. The average molecular weight is 324 g/mol. The average Bonchev–Trinajstić information content (AvgIpc) is 2.85. The maximum atomic E-state index is 12.1. The molecular weight excluding hydrogens is 308 g/mol. The van der Waals surface area contributed by atoms with E-state index in [1.54, 1.807) is 18.2 Å². The number of imide groups is 1. The fourth-order valence-electron chi connectivity index (χ4n) is 1.92. The lowest BCUT2D eigenvalue weighted by atomic mass is 10.2. The number of nitrogens with one attached hydrogen (secondary N) is 1. The summed E-state index contributed by atoms with van der Waals surface area (Å²) in [6, 6.07) is 4.83. The molecule has 1 fully saturated rings. The van der Waals surface area contributed by atoms with Crippen LogP contribution in [0.3, 0.4) is 0 Å². The van der Waals surface area contributed by atoms with Gasteiger partial charge >= 0.3 is 0 Å². The van der Waals surface area contributed by atoms with E-state index < -0.39 is 0 Å². The second-order valence-electron chi connectivity index (χ2n) is 4.46. The van der Waals surface area contributed by atoms with Crippen LogP contribution in [0.2, 0.25) is 0 Å². The molecule has 1 aliphatic rings. The highest BCUT2D eigenvalue weighted by Gasteiger charge is 2.29. The Bertz CT molecular complexity index is 567. The second-order valence-corrected chi connectivity index (χ2v) is 5.38. The number of carbonyl (C=O) groups is 3. The molecule has 1 heterocycles. The maximum Gasteiger partial charge on any atom is 0.288 e. The molecule has 1 aliphatic heterocycles. The first-order chi connectivity index (χ1) is 10.5. The summed E-state index contributed by atoms with van der Waals surface area (Å²) in [7, 11) is 3.00. The molecule has 0 unspecified atom stereocenters. The van der Waals surface area contributed by atoms with Crippen LogP contribution in [-0.2, 0) is 4.79 Å². The Morgan fingerprint density at radius 2 is 1.86 bits per heavy atom. The Hall–Kier alpha value is -2.22. The summed E-state index contributed by atoms with van der Waals surface area (Å²) in [5.74, 6) is 0.618. The van der Waals surface area contributed by atoms with Crippen molar-refractivity contribution in [1.29, 1.82) is 0 Å². The second kappa shape index (κ2) is 7.17. The molecule has 0 atom stereocenters. The number of methoxy groups -OCH3 is 2. The molecule has 1 saturated heterocycles. The Morgan fingerprint density at radius 1 is 1.23 bits per heavy atom. The molecule has 1 aromatic carbocycles. The van der Waals surface area contributed by atoms with Crippen LogP contribution in [0.5, 0.6) is 11.5 Å². The van der Waals surface area contributed by atoms with E-state index in [0.29, 0.717) is 17.1 Å². The van der Waals surface area contributed by atoms with Crippen LogP contribution < -0.4 is 14.8 Å². The third kappa shape index (κ3) is 3.70. The van der Waals surface area contributed by atoms with Crippen molar-refractivity contribution in [1.82, 2.24) is 10.2 Å². The predicted molar refractivity (Wildman–Crippen MR) is 81.4 cm³/mol. The Morgan fingerprint density at radius 3 is 2.36 bits per heavy atom. The molecule has 0 radical (unpaired) electrons. The number of amides is 3. The van der Waals surface area contributed by atoms with Crippen LogP contribution in [0.4, 0.5) is 4.79 Å². The molecule has 2 rings (SSSR count). The number of benzene rings is 1. The minimum atomic E-state index is -0.330. The lowest BCUT2D eigenvalue weighted by Crippen LogP contribution is -2.37. The van der Waals surface area contributed by atoms with Gasteiger partial charge in [-0.2, -0.15) is 0 Å². The minimum absolute atomic E-state index is 0.164. The molecule has 3 amide bonds. The van der Waals surface area contributed by atoms with Crippen LogP contribution in [0, 0.1) is 0 Å². The first-order valence-corrected chi connectivity index (χ1v) is 7.52. The number of nitrogens with zero attached hydrogens (tertiary/aromatic N) is 1. The molecular formula is C14H16N2O5S. The summed E-state index contributed by atoms with van der Waals surface area (Å²) in [5.41, 5.74) is 0.379. The summed E-state index contributed by atoms with van der Waals surface area (Å²) in [5, 5.41) is 2.39. The molecule has 0 aromatic heterocycles. The van der Waals surface area contributed by atoms with Gasteiger partial charge in [0.05, 0.1) is 20.0 Å². The van der Waals surface area contributed by atoms with Gasteiger partial charge in [0.15, 0.2) is 0 Å². The van der Waals surface area contributed by atoms with Gasteiger partial charge in [-0.3, -0.25) is 19.3 Å². The highest BCUT2D eigenvalue weighted by atomic mass is 32.2. The van der Waals surface area contributed by atoms with Crippen LogP contribution >= 0.6 is 11.8 Å². The highest BCUT2D eigenvalue weighted by Crippen LogP contribution is 2.22. The Labute approximate surface area is 131 Å². The van der Waals surface area contributed by atoms with Gasteiger partial charge in [0.1, 0.15) is 11.5 Å². The molecule has 22 heavy (non-hydrogen) atoms. The summed E-state index contributed by atoms with van der Waals surface area (Å²) in [4.78, 5) is 36.1. The molecule has 0 saturated carbocycles. The quantitative estimate of drug-likeness (QED) is 0.844. The summed E-state index contributed by atoms with van der Waals surface area (Å²) < 4.78 is 10.2. The minimum Gasteiger partial charge on any atom is -0.497 e. The summed E-state index contributed by atoms with van der Waals surface area (Å²) in [6.07, 6.45) is 0. The third-order valence-corrected chi connectivity index (χ3v) is 3.93. The van der Waals surface area contributed by atoms with Crippen molar-refractivity contribution in [3.05, 3.63) is 23.8 Å². The lowest BCUT2D eigenvalue weighted by Gasteiger charge is -2.13. The van der Waals surface area contributed by atoms with Gasteiger partial charge in [0.25, 0.3) is 11.1 Å². The molecule has 0 bridgehead atoms. The van der Waals surface area contributed by atoms with Crippen molar-refractivity contribution >= 4 is 28.8 Å². The van der Waals surface area contributed by atoms with Gasteiger partial charge in [-0.15, -0.1) is 0 Å². The molecule has 0 spiro atoms. The zero-order chi connectivity index (χ0) is 16.1. The standard InChI is InChI=1S/C14H16N2O5S/c1-20-10-5-9(6-11(7-10)21-2)13(18)15-3-4-16-12(17)8-22-14(16)19/h5-7H,3-4,8H2,1-2H3,(H,15,18). The largest absolute Gasteiger partial charge is 0.497 e. The first kappa shape index (κ1) is 16.2. The van der Waals surface area contributed by atoms with Crippen molar-refractivity contribution in [3.8, 4) is 11.5 Å². The van der Waals surface area contributed by atoms with Crippen molar-refractivity contribution in [2.24, 2.45) is 0 Å². The van der Waals surface area contributed by atoms with Gasteiger partial charge in [0, 0.05) is 24.7 Å². The van der Waals surface area contributed by atoms with E-state index in [9.17, 15) is 14.4 Å². The van der Waals surface area contributed by atoms with E-state index in [4.69, 9.17) is 9.47 Å². The topological polar surface area (TPSA) is 84.9 Å². The molecule has 118 valence electrons. The smallest absolute Gasteiger partial charge is 0.288 e. The highest BCUT2D eigenvalue weighted by molar-refractivity contribution is 8.14. The van der Waals surface area contributed by atoms with Crippen molar-refractivity contribution in [2.75, 3.05) is 33.1 Å². The number of hydrogen-bond donors (Lipinski definition) is 1. The van der Waals surface area contributed by atoms with E-state index in [0.717, 1.165) is 16.7 Å². The van der Waals surface area contributed by atoms with E-state index >= 15 is 0 Å². The van der Waals surface area contributed by atoms with Crippen LogP contribution in [-0.4, -0.2) is 55.0 Å². The first-order valence-electron chi connectivity index (χ1n) is 6.53. The number of hydrogen-bond acceptors (Lipinski definition) is 6. The molecule has 1 N–H and O–H groups in total. The van der Waals surface area contributed by atoms with Gasteiger partial charge in [0.2, 0.25) is 5.91 Å². The van der Waals surface area contributed by atoms with E-state index in [1.807, 2.05) is 0 Å².